The van der Waals surface area contributed by atoms with Crippen molar-refractivity contribution in [1.29, 1.82) is 0 Å². The van der Waals surface area contributed by atoms with E-state index in [2.05, 4.69) is 138 Å². The van der Waals surface area contributed by atoms with Gasteiger partial charge in [-0.05, 0) is 30.3 Å². The Balaban J connectivity index is 1.21. The highest BCUT2D eigenvalue weighted by atomic mass is 32.1. The van der Waals surface area contributed by atoms with Crippen LogP contribution in [0.15, 0.2) is 170 Å². The van der Waals surface area contributed by atoms with Gasteiger partial charge < -0.3 is 4.57 Å². The molecule has 0 N–H and O–H groups in total. The summed E-state index contributed by atoms with van der Waals surface area (Å²) >= 11 is 1.76. The molecule has 0 radical (unpaired) electrons. The van der Waals surface area contributed by atoms with Crippen molar-refractivity contribution in [2.45, 2.75) is 0 Å². The molecule has 0 aliphatic carbocycles. The standard InChI is InChI=1S/C45H28N4S/c1-4-14-29(15-5-1)36-28-37(47-44(46-36)32-16-6-2-7-17-32)30-24-26-31(27-25-30)42-43-40(41-35-21-11-13-23-39(35)50-45(41)48-42)34-20-10-12-22-38(34)49(43)33-18-8-3-9-19-33/h1-28H. The van der Waals surface area contributed by atoms with Crippen molar-refractivity contribution in [3.05, 3.63) is 170 Å². The molecule has 0 saturated heterocycles. The molecule has 0 spiro atoms. The van der Waals surface area contributed by atoms with Crippen molar-refractivity contribution in [3.8, 4) is 50.8 Å². The molecule has 4 nitrogen and oxygen atoms in total. The average Bonchev–Trinajstić information content (AvgIpc) is 3.74. The van der Waals surface area contributed by atoms with Gasteiger partial charge in [0.15, 0.2) is 5.82 Å². The highest BCUT2D eigenvalue weighted by molar-refractivity contribution is 7.25. The van der Waals surface area contributed by atoms with E-state index >= 15 is 0 Å². The van der Waals surface area contributed by atoms with Crippen LogP contribution < -0.4 is 0 Å². The Morgan fingerprint density at radius 2 is 1.00 bits per heavy atom. The number of nitrogens with zero attached hydrogens (tertiary/aromatic N) is 4. The van der Waals surface area contributed by atoms with Gasteiger partial charge in [0.25, 0.3) is 0 Å². The fourth-order valence-electron chi connectivity index (χ4n) is 7.14. The molecule has 6 aromatic carbocycles. The van der Waals surface area contributed by atoms with Gasteiger partial charge in [0.1, 0.15) is 4.83 Å². The van der Waals surface area contributed by atoms with Crippen molar-refractivity contribution in [2.75, 3.05) is 0 Å². The van der Waals surface area contributed by atoms with Gasteiger partial charge >= 0.3 is 0 Å². The molecule has 10 rings (SSSR count). The van der Waals surface area contributed by atoms with Gasteiger partial charge in [0, 0.05) is 54.2 Å². The van der Waals surface area contributed by atoms with E-state index in [1.54, 1.807) is 11.3 Å². The molecule has 234 valence electrons. The zero-order chi connectivity index (χ0) is 33.0. The second-order valence-electron chi connectivity index (χ2n) is 12.4. The van der Waals surface area contributed by atoms with Crippen molar-refractivity contribution in [1.82, 2.24) is 19.5 Å². The van der Waals surface area contributed by atoms with Crippen LogP contribution in [-0.4, -0.2) is 19.5 Å². The number of para-hydroxylation sites is 2. The number of aromatic nitrogens is 4. The minimum absolute atomic E-state index is 0.706. The quantitative estimate of drug-likeness (QED) is 0.185. The third-order valence-corrected chi connectivity index (χ3v) is 10.5. The van der Waals surface area contributed by atoms with Crippen LogP contribution in [0.4, 0.5) is 0 Å². The third kappa shape index (κ3) is 4.63. The monoisotopic (exact) mass is 656 g/mol. The Morgan fingerprint density at radius 3 is 1.72 bits per heavy atom. The summed E-state index contributed by atoms with van der Waals surface area (Å²) in [4.78, 5) is 16.6. The predicted molar refractivity (Wildman–Crippen MR) is 209 cm³/mol. The number of benzene rings is 6. The molecule has 0 aliphatic rings. The lowest BCUT2D eigenvalue weighted by atomic mass is 10.0. The summed E-state index contributed by atoms with van der Waals surface area (Å²) in [6, 6.07) is 59.3. The van der Waals surface area contributed by atoms with Crippen LogP contribution >= 0.6 is 11.3 Å². The maximum Gasteiger partial charge on any atom is 0.160 e. The summed E-state index contributed by atoms with van der Waals surface area (Å²) < 4.78 is 3.63. The van der Waals surface area contributed by atoms with Crippen LogP contribution in [0, 0.1) is 0 Å². The lowest BCUT2D eigenvalue weighted by Crippen LogP contribution is -1.97. The summed E-state index contributed by atoms with van der Waals surface area (Å²) in [6.45, 7) is 0. The Morgan fingerprint density at radius 1 is 0.440 bits per heavy atom. The summed E-state index contributed by atoms with van der Waals surface area (Å²) in [5.41, 5.74) is 10.2. The van der Waals surface area contributed by atoms with E-state index in [0.29, 0.717) is 5.82 Å². The molecule has 4 aromatic heterocycles. The van der Waals surface area contributed by atoms with Crippen LogP contribution in [0.3, 0.4) is 0 Å². The lowest BCUT2D eigenvalue weighted by molar-refractivity contribution is 1.17. The Labute approximate surface area is 292 Å². The van der Waals surface area contributed by atoms with E-state index in [9.17, 15) is 0 Å². The number of hydrogen-bond acceptors (Lipinski definition) is 4. The van der Waals surface area contributed by atoms with E-state index < -0.39 is 0 Å². The predicted octanol–water partition coefficient (Wildman–Crippen LogP) is 12.0. The molecule has 0 atom stereocenters. The van der Waals surface area contributed by atoms with Crippen LogP contribution in [0.2, 0.25) is 0 Å². The van der Waals surface area contributed by atoms with Crippen LogP contribution in [0.1, 0.15) is 0 Å². The minimum atomic E-state index is 0.706. The van der Waals surface area contributed by atoms with Crippen LogP contribution in [0.5, 0.6) is 0 Å². The molecule has 0 amide bonds. The van der Waals surface area contributed by atoms with E-state index in [0.717, 1.165) is 55.4 Å². The van der Waals surface area contributed by atoms with Gasteiger partial charge in [-0.1, -0.05) is 140 Å². The fraction of sp³-hybridized carbons (Fsp3) is 0. The molecule has 0 fully saturated rings. The van der Waals surface area contributed by atoms with Gasteiger partial charge in [-0.15, -0.1) is 11.3 Å². The Hall–Kier alpha value is -6.43. The fourth-order valence-corrected chi connectivity index (χ4v) is 8.22. The molecule has 10 aromatic rings. The number of rotatable bonds is 5. The summed E-state index contributed by atoms with van der Waals surface area (Å²) in [7, 11) is 0. The van der Waals surface area contributed by atoms with Gasteiger partial charge in [0.05, 0.1) is 28.1 Å². The molecular formula is C45H28N4S. The molecule has 0 saturated carbocycles. The highest BCUT2D eigenvalue weighted by Crippen LogP contribution is 2.46. The second-order valence-corrected chi connectivity index (χ2v) is 13.5. The van der Waals surface area contributed by atoms with Gasteiger partial charge in [-0.3, -0.25) is 0 Å². The zero-order valence-corrected chi connectivity index (χ0v) is 27.7. The Kier molecular flexibility index (Phi) is 6.64. The topological polar surface area (TPSA) is 43.6 Å². The average molecular weight is 657 g/mol. The molecular weight excluding hydrogens is 629 g/mol. The summed E-state index contributed by atoms with van der Waals surface area (Å²) in [6.07, 6.45) is 0. The first-order chi connectivity index (χ1) is 24.8. The maximum atomic E-state index is 5.47. The second kappa shape index (κ2) is 11.6. The molecule has 5 heteroatoms. The molecule has 0 unspecified atom stereocenters. The molecule has 0 aliphatic heterocycles. The van der Waals surface area contributed by atoms with E-state index in [-0.39, 0.29) is 0 Å². The van der Waals surface area contributed by atoms with Crippen LogP contribution in [-0.2, 0) is 0 Å². The normalized spacial score (nSPS) is 11.6. The summed E-state index contributed by atoms with van der Waals surface area (Å²) in [5.74, 6) is 0.706. The van der Waals surface area contributed by atoms with Crippen molar-refractivity contribution >= 4 is 53.4 Å². The van der Waals surface area contributed by atoms with E-state index in [1.807, 2.05) is 36.4 Å². The maximum absolute atomic E-state index is 5.47. The van der Waals surface area contributed by atoms with Crippen molar-refractivity contribution in [3.63, 3.8) is 0 Å². The lowest BCUT2D eigenvalue weighted by Gasteiger charge is -2.13. The summed E-state index contributed by atoms with van der Waals surface area (Å²) in [5, 5.41) is 4.93. The first-order valence-corrected chi connectivity index (χ1v) is 17.5. The SMILES string of the molecule is c1ccc(-c2cc(-c3ccc(-c4nc5sc6ccccc6c5c5c6ccccc6n(-c6ccccc6)c45)cc3)nc(-c3ccccc3)n2)cc1. The highest BCUT2D eigenvalue weighted by Gasteiger charge is 2.23. The first-order valence-electron chi connectivity index (χ1n) is 16.7. The number of pyridine rings is 1. The van der Waals surface area contributed by atoms with E-state index in [4.69, 9.17) is 15.0 Å². The van der Waals surface area contributed by atoms with Crippen LogP contribution in [0.25, 0.3) is 93.0 Å². The molecule has 0 bridgehead atoms. The molecule has 50 heavy (non-hydrogen) atoms. The van der Waals surface area contributed by atoms with Gasteiger partial charge in [-0.25, -0.2) is 15.0 Å². The smallest absolute Gasteiger partial charge is 0.160 e. The van der Waals surface area contributed by atoms with Gasteiger partial charge in [0.2, 0.25) is 0 Å². The number of thiophene rings is 1. The number of hydrogen-bond donors (Lipinski definition) is 0. The van der Waals surface area contributed by atoms with E-state index in [1.165, 1.54) is 31.8 Å². The van der Waals surface area contributed by atoms with Crippen molar-refractivity contribution in [2.24, 2.45) is 0 Å². The first kappa shape index (κ1) is 28.6. The molecule has 4 heterocycles. The Bertz CT molecular complexity index is 2780. The largest absolute Gasteiger partial charge is 0.307 e. The number of fused-ring (bicyclic) bond motifs is 7. The third-order valence-electron chi connectivity index (χ3n) is 9.44. The van der Waals surface area contributed by atoms with Gasteiger partial charge in [-0.2, -0.15) is 0 Å². The van der Waals surface area contributed by atoms with Crippen molar-refractivity contribution < 1.29 is 0 Å². The zero-order valence-electron chi connectivity index (χ0n) is 26.9. The minimum Gasteiger partial charge on any atom is -0.307 e.